The fraction of sp³-hybridized carbons (Fsp3) is 0.400. The Hall–Kier alpha value is -1.69. The number of hydrogen-bond acceptors (Lipinski definition) is 3. The molecule has 110 valence electrons. The van der Waals surface area contributed by atoms with E-state index in [-0.39, 0.29) is 11.3 Å². The monoisotopic (exact) mass is 348 g/mol. The molecule has 0 aliphatic heterocycles. The van der Waals surface area contributed by atoms with Crippen molar-refractivity contribution in [1.82, 2.24) is 20.1 Å². The van der Waals surface area contributed by atoms with E-state index in [1.807, 2.05) is 35.8 Å². The maximum absolute atomic E-state index is 12.5. The average Bonchev–Trinajstić information content (AvgIpc) is 3.18. The molecule has 1 aromatic carbocycles. The summed E-state index contributed by atoms with van der Waals surface area (Å²) in [5.74, 6) is 0.868. The van der Waals surface area contributed by atoms with Gasteiger partial charge in [-0.1, -0.05) is 28.1 Å². The molecule has 0 radical (unpaired) electrons. The summed E-state index contributed by atoms with van der Waals surface area (Å²) in [5, 5.41) is 10.9. The Morgan fingerprint density at radius 2 is 2.10 bits per heavy atom. The highest BCUT2D eigenvalue weighted by Crippen LogP contribution is 2.48. The van der Waals surface area contributed by atoms with Crippen LogP contribution in [0.15, 0.2) is 35.1 Å². The van der Waals surface area contributed by atoms with E-state index in [1.165, 1.54) is 0 Å². The summed E-state index contributed by atoms with van der Waals surface area (Å²) in [6.45, 7) is 3.25. The van der Waals surface area contributed by atoms with E-state index in [1.54, 1.807) is 6.33 Å². The highest BCUT2D eigenvalue weighted by atomic mass is 79.9. The van der Waals surface area contributed by atoms with Crippen molar-refractivity contribution in [2.24, 2.45) is 0 Å². The zero-order valence-electron chi connectivity index (χ0n) is 11.8. The zero-order chi connectivity index (χ0) is 14.9. The Morgan fingerprint density at radius 1 is 1.38 bits per heavy atom. The van der Waals surface area contributed by atoms with Crippen LogP contribution in [0.3, 0.4) is 0 Å². The molecule has 1 N–H and O–H groups in total. The number of carbonyl (C=O) groups excluding carboxylic acids is 1. The first-order valence-corrected chi connectivity index (χ1v) is 7.86. The van der Waals surface area contributed by atoms with Gasteiger partial charge in [0.25, 0.3) is 0 Å². The molecule has 3 rings (SSSR count). The lowest BCUT2D eigenvalue weighted by Crippen LogP contribution is -2.35. The molecule has 1 fully saturated rings. The minimum Gasteiger partial charge on any atom is -0.348 e. The molecule has 0 unspecified atom stereocenters. The first-order valence-electron chi connectivity index (χ1n) is 7.07. The van der Waals surface area contributed by atoms with Crippen molar-refractivity contribution >= 4 is 21.8 Å². The van der Waals surface area contributed by atoms with Crippen LogP contribution < -0.4 is 5.32 Å². The highest BCUT2D eigenvalue weighted by Gasteiger charge is 2.51. The summed E-state index contributed by atoms with van der Waals surface area (Å²) in [5.41, 5.74) is 0.734. The molecule has 2 aromatic rings. The largest absolute Gasteiger partial charge is 0.348 e. The molecule has 0 saturated heterocycles. The van der Waals surface area contributed by atoms with Gasteiger partial charge in [-0.3, -0.25) is 4.79 Å². The second-order valence-corrected chi connectivity index (χ2v) is 6.22. The van der Waals surface area contributed by atoms with Gasteiger partial charge < -0.3 is 9.88 Å². The van der Waals surface area contributed by atoms with Gasteiger partial charge in [0.2, 0.25) is 5.91 Å². The van der Waals surface area contributed by atoms with Crippen LogP contribution in [0, 0.1) is 0 Å². The molecule has 6 heteroatoms. The van der Waals surface area contributed by atoms with Gasteiger partial charge in [0.05, 0.1) is 12.0 Å². The van der Waals surface area contributed by atoms with Gasteiger partial charge in [-0.15, -0.1) is 10.2 Å². The molecule has 0 spiro atoms. The lowest BCUT2D eigenvalue weighted by atomic mass is 9.95. The van der Waals surface area contributed by atoms with Gasteiger partial charge in [0.1, 0.15) is 6.33 Å². The zero-order valence-corrected chi connectivity index (χ0v) is 13.4. The second-order valence-electron chi connectivity index (χ2n) is 5.30. The van der Waals surface area contributed by atoms with E-state index in [0.29, 0.717) is 6.54 Å². The minimum atomic E-state index is -0.349. The molecular formula is C15H17BrN4O. The number of carbonyl (C=O) groups is 1. The third kappa shape index (κ3) is 2.72. The molecular weight excluding hydrogens is 332 g/mol. The Labute approximate surface area is 131 Å². The standard InChI is InChI=1S/C15H17BrN4O/c1-2-20-10-18-19-13(20)9-17-14(21)15(7-8-15)11-3-5-12(16)6-4-11/h3-6,10H,2,7-9H2,1H3,(H,17,21). The molecule has 0 atom stereocenters. The predicted molar refractivity (Wildman–Crippen MR) is 82.6 cm³/mol. The molecule has 1 aliphatic rings. The van der Waals surface area contributed by atoms with Crippen molar-refractivity contribution < 1.29 is 4.79 Å². The van der Waals surface area contributed by atoms with E-state index in [4.69, 9.17) is 0 Å². The van der Waals surface area contributed by atoms with Crippen LogP contribution in [-0.4, -0.2) is 20.7 Å². The van der Waals surface area contributed by atoms with Gasteiger partial charge >= 0.3 is 0 Å². The van der Waals surface area contributed by atoms with Gasteiger partial charge in [-0.2, -0.15) is 0 Å². The topological polar surface area (TPSA) is 59.8 Å². The number of rotatable bonds is 5. The summed E-state index contributed by atoms with van der Waals surface area (Å²) in [6.07, 6.45) is 3.49. The molecule has 1 saturated carbocycles. The molecule has 1 amide bonds. The second kappa shape index (κ2) is 5.60. The lowest BCUT2D eigenvalue weighted by Gasteiger charge is -2.16. The number of amides is 1. The van der Waals surface area contributed by atoms with Crippen molar-refractivity contribution in [2.45, 2.75) is 38.3 Å². The fourth-order valence-corrected chi connectivity index (χ4v) is 2.81. The van der Waals surface area contributed by atoms with Gasteiger partial charge in [0, 0.05) is 11.0 Å². The average molecular weight is 349 g/mol. The summed E-state index contributed by atoms with van der Waals surface area (Å²) in [7, 11) is 0. The maximum atomic E-state index is 12.5. The molecule has 21 heavy (non-hydrogen) atoms. The van der Waals surface area contributed by atoms with Crippen molar-refractivity contribution in [3.05, 3.63) is 46.5 Å². The first kappa shape index (κ1) is 14.3. The van der Waals surface area contributed by atoms with E-state index >= 15 is 0 Å². The van der Waals surface area contributed by atoms with Crippen LogP contribution in [0.1, 0.15) is 31.2 Å². The van der Waals surface area contributed by atoms with Crippen LogP contribution in [0.25, 0.3) is 0 Å². The Bertz CT molecular complexity index is 646. The number of halogens is 1. The quantitative estimate of drug-likeness (QED) is 0.902. The molecule has 1 aliphatic carbocycles. The van der Waals surface area contributed by atoms with Gasteiger partial charge in [0.15, 0.2) is 5.82 Å². The van der Waals surface area contributed by atoms with Crippen molar-refractivity contribution in [3.8, 4) is 0 Å². The Morgan fingerprint density at radius 3 is 2.71 bits per heavy atom. The van der Waals surface area contributed by atoms with Gasteiger partial charge in [-0.05, 0) is 37.5 Å². The van der Waals surface area contributed by atoms with Crippen LogP contribution in [0.4, 0.5) is 0 Å². The summed E-state index contributed by atoms with van der Waals surface area (Å²) < 4.78 is 2.96. The van der Waals surface area contributed by atoms with Gasteiger partial charge in [-0.25, -0.2) is 0 Å². The van der Waals surface area contributed by atoms with Crippen molar-refractivity contribution in [2.75, 3.05) is 0 Å². The molecule has 5 nitrogen and oxygen atoms in total. The smallest absolute Gasteiger partial charge is 0.231 e. The fourth-order valence-electron chi connectivity index (χ4n) is 2.55. The van der Waals surface area contributed by atoms with Crippen LogP contribution in [-0.2, 0) is 23.3 Å². The Balaban J connectivity index is 1.69. The third-order valence-electron chi connectivity index (χ3n) is 4.02. The predicted octanol–water partition coefficient (Wildman–Crippen LogP) is 2.41. The number of nitrogens with one attached hydrogen (secondary N) is 1. The highest BCUT2D eigenvalue weighted by molar-refractivity contribution is 9.10. The summed E-state index contributed by atoms with van der Waals surface area (Å²) >= 11 is 3.42. The first-order chi connectivity index (χ1) is 10.2. The third-order valence-corrected chi connectivity index (χ3v) is 4.55. The number of aryl methyl sites for hydroxylation is 1. The van der Waals surface area contributed by atoms with Crippen molar-refractivity contribution in [3.63, 3.8) is 0 Å². The van der Waals surface area contributed by atoms with Crippen LogP contribution in [0.2, 0.25) is 0 Å². The number of hydrogen-bond donors (Lipinski definition) is 1. The number of nitrogens with zero attached hydrogens (tertiary/aromatic N) is 3. The molecule has 1 aromatic heterocycles. The molecule has 1 heterocycles. The van der Waals surface area contributed by atoms with Crippen molar-refractivity contribution in [1.29, 1.82) is 0 Å². The summed E-state index contributed by atoms with van der Waals surface area (Å²) in [6, 6.07) is 8.00. The van der Waals surface area contributed by atoms with E-state index in [9.17, 15) is 4.79 Å². The van der Waals surface area contributed by atoms with E-state index in [0.717, 1.165) is 35.2 Å². The Kier molecular flexibility index (Phi) is 3.80. The molecule has 0 bridgehead atoms. The normalized spacial score (nSPS) is 15.7. The number of benzene rings is 1. The maximum Gasteiger partial charge on any atom is 0.231 e. The SMILES string of the molecule is CCn1cnnc1CNC(=O)C1(c2ccc(Br)cc2)CC1. The van der Waals surface area contributed by atoms with Crippen LogP contribution in [0.5, 0.6) is 0 Å². The van der Waals surface area contributed by atoms with Crippen LogP contribution >= 0.6 is 15.9 Å². The van der Waals surface area contributed by atoms with E-state index < -0.39 is 0 Å². The summed E-state index contributed by atoms with van der Waals surface area (Å²) in [4.78, 5) is 12.5. The minimum absolute atomic E-state index is 0.0791. The van der Waals surface area contributed by atoms with E-state index in [2.05, 4.69) is 31.4 Å². The lowest BCUT2D eigenvalue weighted by molar-refractivity contribution is -0.123. The number of aromatic nitrogens is 3.